The average molecular weight is 416 g/mol. The van der Waals surface area contributed by atoms with Gasteiger partial charge in [-0.2, -0.15) is 0 Å². The van der Waals surface area contributed by atoms with Crippen LogP contribution in [0.3, 0.4) is 0 Å². The highest BCUT2D eigenvalue weighted by Gasteiger charge is 2.28. The van der Waals surface area contributed by atoms with Gasteiger partial charge in [-0.25, -0.2) is 0 Å². The van der Waals surface area contributed by atoms with E-state index in [2.05, 4.69) is 36.8 Å². The first-order valence-corrected chi connectivity index (χ1v) is 9.21. The standard InChI is InChI=1S/C16H20Br2N2O/c17-13-9-12(10-14(18)11-13)16(21)20-7-5-19(6-8-20)15-3-1-2-4-15/h9-11,15H,1-8H2. The van der Waals surface area contributed by atoms with Gasteiger partial charge < -0.3 is 4.90 Å². The van der Waals surface area contributed by atoms with E-state index in [0.29, 0.717) is 0 Å². The molecule has 5 heteroatoms. The summed E-state index contributed by atoms with van der Waals surface area (Å²) in [7, 11) is 0. The van der Waals surface area contributed by atoms with Gasteiger partial charge in [0.15, 0.2) is 0 Å². The van der Waals surface area contributed by atoms with Crippen molar-refractivity contribution in [2.75, 3.05) is 26.2 Å². The van der Waals surface area contributed by atoms with Crippen molar-refractivity contribution in [3.63, 3.8) is 0 Å². The van der Waals surface area contributed by atoms with Crippen molar-refractivity contribution < 1.29 is 4.79 Å². The van der Waals surface area contributed by atoms with Gasteiger partial charge in [-0.1, -0.05) is 44.7 Å². The van der Waals surface area contributed by atoms with Crippen LogP contribution in [0.15, 0.2) is 27.1 Å². The Labute approximate surface area is 142 Å². The molecule has 114 valence electrons. The van der Waals surface area contributed by atoms with Gasteiger partial charge >= 0.3 is 0 Å². The minimum atomic E-state index is 0.142. The monoisotopic (exact) mass is 414 g/mol. The van der Waals surface area contributed by atoms with E-state index in [-0.39, 0.29) is 5.91 Å². The summed E-state index contributed by atoms with van der Waals surface area (Å²) in [5.74, 6) is 0.142. The highest BCUT2D eigenvalue weighted by atomic mass is 79.9. The maximum absolute atomic E-state index is 12.6. The molecule has 1 heterocycles. The molecule has 1 saturated carbocycles. The fourth-order valence-electron chi connectivity index (χ4n) is 3.42. The fraction of sp³-hybridized carbons (Fsp3) is 0.562. The zero-order valence-electron chi connectivity index (χ0n) is 12.0. The normalized spacial score (nSPS) is 21.0. The van der Waals surface area contributed by atoms with Crippen LogP contribution in [0.4, 0.5) is 0 Å². The molecule has 1 aromatic carbocycles. The van der Waals surface area contributed by atoms with Crippen molar-refractivity contribution in [3.8, 4) is 0 Å². The van der Waals surface area contributed by atoms with Crippen molar-refractivity contribution in [1.29, 1.82) is 0 Å². The summed E-state index contributed by atoms with van der Waals surface area (Å²) < 4.78 is 1.87. The number of rotatable bonds is 2. The van der Waals surface area contributed by atoms with Gasteiger partial charge in [0.2, 0.25) is 0 Å². The number of hydrogen-bond donors (Lipinski definition) is 0. The highest BCUT2D eigenvalue weighted by Crippen LogP contribution is 2.25. The predicted octanol–water partition coefficient (Wildman–Crippen LogP) is 3.91. The molecule has 0 spiro atoms. The number of piperazine rings is 1. The third kappa shape index (κ3) is 3.69. The highest BCUT2D eigenvalue weighted by molar-refractivity contribution is 9.11. The van der Waals surface area contributed by atoms with Crippen LogP contribution in [0.25, 0.3) is 0 Å². The number of halogens is 2. The first kappa shape index (κ1) is 15.5. The van der Waals surface area contributed by atoms with Crippen LogP contribution < -0.4 is 0 Å². The van der Waals surface area contributed by atoms with E-state index in [0.717, 1.165) is 46.7 Å². The molecule has 0 aromatic heterocycles. The zero-order chi connectivity index (χ0) is 14.8. The lowest BCUT2D eigenvalue weighted by atomic mass is 10.1. The molecule has 0 bridgehead atoms. The molecule has 1 aliphatic carbocycles. The molecule has 1 aliphatic heterocycles. The molecule has 0 atom stereocenters. The summed E-state index contributed by atoms with van der Waals surface area (Å²) in [6.45, 7) is 3.73. The lowest BCUT2D eigenvalue weighted by molar-refractivity contribution is 0.0573. The maximum Gasteiger partial charge on any atom is 0.254 e. The molecular weight excluding hydrogens is 396 g/mol. The van der Waals surface area contributed by atoms with Crippen LogP contribution in [0.2, 0.25) is 0 Å². The maximum atomic E-state index is 12.6. The first-order chi connectivity index (χ1) is 10.1. The Morgan fingerprint density at radius 1 is 0.952 bits per heavy atom. The Balaban J connectivity index is 1.62. The molecule has 0 N–H and O–H groups in total. The summed E-state index contributed by atoms with van der Waals surface area (Å²) in [5.41, 5.74) is 0.755. The second-order valence-electron chi connectivity index (χ2n) is 5.92. The molecule has 21 heavy (non-hydrogen) atoms. The van der Waals surface area contributed by atoms with E-state index in [1.807, 2.05) is 23.1 Å². The van der Waals surface area contributed by atoms with Crippen LogP contribution in [-0.2, 0) is 0 Å². The molecule has 0 radical (unpaired) electrons. The zero-order valence-corrected chi connectivity index (χ0v) is 15.2. The van der Waals surface area contributed by atoms with Crippen molar-refractivity contribution in [2.24, 2.45) is 0 Å². The number of benzene rings is 1. The molecule has 3 nitrogen and oxygen atoms in total. The largest absolute Gasteiger partial charge is 0.336 e. The Kier molecular flexibility index (Phi) is 5.02. The van der Waals surface area contributed by atoms with Crippen LogP contribution in [-0.4, -0.2) is 47.9 Å². The van der Waals surface area contributed by atoms with Crippen molar-refractivity contribution >= 4 is 37.8 Å². The summed E-state index contributed by atoms with van der Waals surface area (Å²) in [5, 5.41) is 0. The van der Waals surface area contributed by atoms with E-state index < -0.39 is 0 Å². The third-order valence-electron chi connectivity index (χ3n) is 4.55. The van der Waals surface area contributed by atoms with E-state index in [1.165, 1.54) is 25.7 Å². The third-order valence-corrected chi connectivity index (χ3v) is 5.47. The van der Waals surface area contributed by atoms with Crippen LogP contribution >= 0.6 is 31.9 Å². The molecule has 2 fully saturated rings. The van der Waals surface area contributed by atoms with Gasteiger partial charge in [-0.15, -0.1) is 0 Å². The van der Waals surface area contributed by atoms with Gasteiger partial charge in [-0.3, -0.25) is 9.69 Å². The van der Waals surface area contributed by atoms with Crippen molar-refractivity contribution in [1.82, 2.24) is 9.80 Å². The second-order valence-corrected chi connectivity index (χ2v) is 7.76. The minimum Gasteiger partial charge on any atom is -0.336 e. The Morgan fingerprint density at radius 2 is 1.52 bits per heavy atom. The number of hydrogen-bond acceptors (Lipinski definition) is 2. The predicted molar refractivity (Wildman–Crippen MR) is 91.6 cm³/mol. The summed E-state index contributed by atoms with van der Waals surface area (Å²) >= 11 is 6.90. The summed E-state index contributed by atoms with van der Waals surface area (Å²) in [4.78, 5) is 17.2. The van der Waals surface area contributed by atoms with E-state index in [4.69, 9.17) is 0 Å². The molecule has 1 amide bonds. The number of carbonyl (C=O) groups is 1. The van der Waals surface area contributed by atoms with Gasteiger partial charge in [-0.05, 0) is 31.0 Å². The summed E-state index contributed by atoms with van der Waals surface area (Å²) in [6, 6.07) is 6.52. The second kappa shape index (κ2) is 6.80. The molecular formula is C16H20Br2N2O. The Hall–Kier alpha value is -0.390. The topological polar surface area (TPSA) is 23.6 Å². The SMILES string of the molecule is O=C(c1cc(Br)cc(Br)c1)N1CCN(C2CCCC2)CC1. The van der Waals surface area contributed by atoms with Crippen LogP contribution in [0.1, 0.15) is 36.0 Å². The fourth-order valence-corrected chi connectivity index (χ4v) is 4.71. The van der Waals surface area contributed by atoms with E-state index >= 15 is 0 Å². The van der Waals surface area contributed by atoms with Gasteiger partial charge in [0.1, 0.15) is 0 Å². The van der Waals surface area contributed by atoms with Gasteiger partial charge in [0, 0.05) is 46.7 Å². The van der Waals surface area contributed by atoms with Gasteiger partial charge in [0.25, 0.3) is 5.91 Å². The van der Waals surface area contributed by atoms with Crippen molar-refractivity contribution in [2.45, 2.75) is 31.7 Å². The molecule has 2 aliphatic rings. The lowest BCUT2D eigenvalue weighted by Crippen LogP contribution is -2.51. The Morgan fingerprint density at radius 3 is 2.10 bits per heavy atom. The number of amides is 1. The number of carbonyl (C=O) groups excluding carboxylic acids is 1. The molecule has 0 unspecified atom stereocenters. The molecule has 1 aromatic rings. The first-order valence-electron chi connectivity index (χ1n) is 7.63. The molecule has 1 saturated heterocycles. The average Bonchev–Trinajstić information content (AvgIpc) is 3.00. The van der Waals surface area contributed by atoms with Gasteiger partial charge in [0.05, 0.1) is 0 Å². The van der Waals surface area contributed by atoms with Crippen LogP contribution in [0.5, 0.6) is 0 Å². The van der Waals surface area contributed by atoms with Crippen molar-refractivity contribution in [3.05, 3.63) is 32.7 Å². The summed E-state index contributed by atoms with van der Waals surface area (Å²) in [6.07, 6.45) is 5.42. The number of nitrogens with zero attached hydrogens (tertiary/aromatic N) is 2. The van der Waals surface area contributed by atoms with Crippen LogP contribution in [0, 0.1) is 0 Å². The Bertz CT molecular complexity index is 501. The minimum absolute atomic E-state index is 0.142. The quantitative estimate of drug-likeness (QED) is 0.730. The smallest absolute Gasteiger partial charge is 0.254 e. The van der Waals surface area contributed by atoms with E-state index in [1.54, 1.807) is 0 Å². The molecule has 3 rings (SSSR count). The lowest BCUT2D eigenvalue weighted by Gasteiger charge is -2.38. The van der Waals surface area contributed by atoms with E-state index in [9.17, 15) is 4.79 Å².